The van der Waals surface area contributed by atoms with Crippen molar-refractivity contribution < 1.29 is 13.2 Å². The normalized spacial score (nSPS) is 14.8. The molecule has 2 aromatic rings. The predicted molar refractivity (Wildman–Crippen MR) is 96.1 cm³/mol. The van der Waals surface area contributed by atoms with Gasteiger partial charge in [-0.25, -0.2) is 8.42 Å². The molecule has 0 unspecified atom stereocenters. The topological polar surface area (TPSA) is 66.5 Å². The van der Waals surface area contributed by atoms with Gasteiger partial charge in [-0.05, 0) is 49.6 Å². The molecule has 1 fully saturated rings. The summed E-state index contributed by atoms with van der Waals surface area (Å²) < 4.78 is 27.8. The maximum absolute atomic E-state index is 12.5. The Morgan fingerprint density at radius 1 is 1.21 bits per heavy atom. The summed E-state index contributed by atoms with van der Waals surface area (Å²) in [6, 6.07) is 10.1. The average Bonchev–Trinajstić information content (AvgIpc) is 3.25. The van der Waals surface area contributed by atoms with E-state index in [4.69, 9.17) is 0 Å². The van der Waals surface area contributed by atoms with Crippen molar-refractivity contribution in [1.29, 1.82) is 0 Å². The van der Waals surface area contributed by atoms with Gasteiger partial charge in [-0.2, -0.15) is 0 Å². The lowest BCUT2D eigenvalue weighted by Gasteiger charge is -2.16. The Morgan fingerprint density at radius 2 is 1.96 bits per heavy atom. The molecule has 0 saturated carbocycles. The van der Waals surface area contributed by atoms with Crippen LogP contribution in [0, 0.1) is 0 Å². The van der Waals surface area contributed by atoms with Crippen molar-refractivity contribution in [3.8, 4) is 0 Å². The summed E-state index contributed by atoms with van der Waals surface area (Å²) >= 11 is 1.26. The molecule has 1 aliphatic heterocycles. The number of likely N-dealkylation sites (tertiary alicyclic amines) is 1. The van der Waals surface area contributed by atoms with E-state index in [1.54, 1.807) is 35.2 Å². The van der Waals surface area contributed by atoms with Crippen molar-refractivity contribution in [1.82, 2.24) is 4.90 Å². The molecule has 24 heavy (non-hydrogen) atoms. The number of carbonyl (C=O) groups excluding carboxylic acids is 1. The zero-order chi connectivity index (χ0) is 17.2. The van der Waals surface area contributed by atoms with Gasteiger partial charge in [-0.1, -0.05) is 13.0 Å². The van der Waals surface area contributed by atoms with E-state index in [0.29, 0.717) is 11.3 Å². The molecular formula is C17H20N2O3S2. The number of aryl methyl sites for hydroxylation is 1. The van der Waals surface area contributed by atoms with Crippen LogP contribution >= 0.6 is 11.3 Å². The van der Waals surface area contributed by atoms with E-state index in [1.807, 2.05) is 13.0 Å². The lowest BCUT2D eigenvalue weighted by atomic mass is 10.2. The summed E-state index contributed by atoms with van der Waals surface area (Å²) in [5.74, 6) is -0.0436. The molecule has 2 heterocycles. The molecule has 128 valence electrons. The van der Waals surface area contributed by atoms with Crippen LogP contribution in [0.5, 0.6) is 0 Å². The lowest BCUT2D eigenvalue weighted by molar-refractivity contribution is 0.0793. The first-order chi connectivity index (χ1) is 11.5. The third-order valence-corrected chi connectivity index (χ3v) is 7.11. The van der Waals surface area contributed by atoms with Gasteiger partial charge in [0.05, 0.1) is 0 Å². The molecule has 1 aromatic heterocycles. The molecule has 0 atom stereocenters. The van der Waals surface area contributed by atoms with Crippen LogP contribution in [0.15, 0.2) is 40.6 Å². The molecule has 3 rings (SSSR count). The number of rotatable bonds is 5. The number of hydrogen-bond donors (Lipinski definition) is 1. The van der Waals surface area contributed by atoms with Gasteiger partial charge >= 0.3 is 0 Å². The van der Waals surface area contributed by atoms with Gasteiger partial charge in [0.25, 0.3) is 15.9 Å². The third kappa shape index (κ3) is 3.62. The maximum atomic E-state index is 12.5. The van der Waals surface area contributed by atoms with E-state index in [0.717, 1.165) is 37.2 Å². The lowest BCUT2D eigenvalue weighted by Crippen LogP contribution is -2.27. The monoisotopic (exact) mass is 364 g/mol. The fourth-order valence-electron chi connectivity index (χ4n) is 2.72. The minimum Gasteiger partial charge on any atom is -0.339 e. The van der Waals surface area contributed by atoms with E-state index in [9.17, 15) is 13.2 Å². The zero-order valence-electron chi connectivity index (χ0n) is 13.5. The fourth-order valence-corrected chi connectivity index (χ4v) is 5.06. The van der Waals surface area contributed by atoms with Gasteiger partial charge in [0.2, 0.25) is 0 Å². The molecule has 1 N–H and O–H groups in total. The zero-order valence-corrected chi connectivity index (χ0v) is 15.1. The number of thiophene rings is 1. The summed E-state index contributed by atoms with van der Waals surface area (Å²) in [6.07, 6.45) is 2.85. The first-order valence-electron chi connectivity index (χ1n) is 8.00. The van der Waals surface area contributed by atoms with Crippen LogP contribution in [0.4, 0.5) is 5.69 Å². The second-order valence-electron chi connectivity index (χ2n) is 5.76. The number of nitrogens with zero attached hydrogens (tertiary/aromatic N) is 1. The van der Waals surface area contributed by atoms with Crippen molar-refractivity contribution >= 4 is 33.0 Å². The molecule has 7 heteroatoms. The highest BCUT2D eigenvalue weighted by atomic mass is 32.2. The van der Waals surface area contributed by atoms with E-state index in [1.165, 1.54) is 11.3 Å². The molecule has 0 aliphatic carbocycles. The third-order valence-electron chi connectivity index (χ3n) is 4.01. The highest BCUT2D eigenvalue weighted by molar-refractivity contribution is 7.94. The van der Waals surface area contributed by atoms with Crippen LogP contribution < -0.4 is 4.72 Å². The van der Waals surface area contributed by atoms with Crippen LogP contribution in [-0.2, 0) is 16.4 Å². The van der Waals surface area contributed by atoms with Crippen molar-refractivity contribution in [3.05, 3.63) is 46.8 Å². The molecular weight excluding hydrogens is 344 g/mol. The van der Waals surface area contributed by atoms with Crippen LogP contribution in [0.1, 0.15) is 35.0 Å². The highest BCUT2D eigenvalue weighted by Crippen LogP contribution is 2.25. The summed E-state index contributed by atoms with van der Waals surface area (Å²) in [5.41, 5.74) is 0.920. The largest absolute Gasteiger partial charge is 0.339 e. The number of nitrogens with one attached hydrogen (secondary N) is 1. The molecule has 5 nitrogen and oxygen atoms in total. The van der Waals surface area contributed by atoms with Crippen LogP contribution in [0.25, 0.3) is 0 Å². The Kier molecular flexibility index (Phi) is 4.91. The standard InChI is InChI=1S/C17H20N2O3S2/c1-2-15-8-9-16(23-15)24(21,22)18-14-7-5-6-13(12-14)17(20)19-10-3-4-11-19/h5-9,12,18H,2-4,10-11H2,1H3. The first-order valence-corrected chi connectivity index (χ1v) is 10.3. The SMILES string of the molecule is CCc1ccc(S(=O)(=O)Nc2cccc(C(=O)N3CCCC3)c2)s1. The number of sulfonamides is 1. The second kappa shape index (κ2) is 6.94. The minimum absolute atomic E-state index is 0.0436. The van der Waals surface area contributed by atoms with E-state index < -0.39 is 10.0 Å². The molecule has 1 saturated heterocycles. The molecule has 0 spiro atoms. The Balaban J connectivity index is 1.80. The maximum Gasteiger partial charge on any atom is 0.271 e. The molecule has 1 amide bonds. The van der Waals surface area contributed by atoms with Crippen LogP contribution in [0.2, 0.25) is 0 Å². The summed E-state index contributed by atoms with van der Waals surface area (Å²) in [4.78, 5) is 15.3. The summed E-state index contributed by atoms with van der Waals surface area (Å²) in [7, 11) is -3.62. The van der Waals surface area contributed by atoms with E-state index in [-0.39, 0.29) is 10.1 Å². The fraction of sp³-hybridized carbons (Fsp3) is 0.353. The smallest absolute Gasteiger partial charge is 0.271 e. The van der Waals surface area contributed by atoms with Gasteiger partial charge in [-0.15, -0.1) is 11.3 Å². The Hall–Kier alpha value is -1.86. The molecule has 0 bridgehead atoms. The van der Waals surface area contributed by atoms with Crippen LogP contribution in [0.3, 0.4) is 0 Å². The number of amides is 1. The van der Waals surface area contributed by atoms with Gasteiger partial charge in [0, 0.05) is 29.2 Å². The number of hydrogen-bond acceptors (Lipinski definition) is 4. The predicted octanol–water partition coefficient (Wildman–Crippen LogP) is 3.35. The highest BCUT2D eigenvalue weighted by Gasteiger charge is 2.21. The Morgan fingerprint density at radius 3 is 2.62 bits per heavy atom. The van der Waals surface area contributed by atoms with E-state index >= 15 is 0 Å². The van der Waals surface area contributed by atoms with Gasteiger partial charge < -0.3 is 4.90 Å². The molecule has 1 aromatic carbocycles. The Bertz CT molecular complexity index is 837. The van der Waals surface area contributed by atoms with E-state index in [2.05, 4.69) is 4.72 Å². The minimum atomic E-state index is -3.62. The number of anilines is 1. The molecule has 1 aliphatic rings. The van der Waals surface area contributed by atoms with Gasteiger partial charge in [0.15, 0.2) is 0 Å². The van der Waals surface area contributed by atoms with Crippen molar-refractivity contribution in [3.63, 3.8) is 0 Å². The van der Waals surface area contributed by atoms with Crippen molar-refractivity contribution in [2.24, 2.45) is 0 Å². The van der Waals surface area contributed by atoms with Crippen molar-refractivity contribution in [2.75, 3.05) is 17.8 Å². The number of carbonyl (C=O) groups is 1. The quantitative estimate of drug-likeness (QED) is 0.885. The van der Waals surface area contributed by atoms with Crippen molar-refractivity contribution in [2.45, 2.75) is 30.4 Å². The average molecular weight is 364 g/mol. The number of benzene rings is 1. The first kappa shape index (κ1) is 17.0. The van der Waals surface area contributed by atoms with Gasteiger partial charge in [-0.3, -0.25) is 9.52 Å². The van der Waals surface area contributed by atoms with Crippen LogP contribution in [-0.4, -0.2) is 32.3 Å². The second-order valence-corrected chi connectivity index (χ2v) is 8.84. The summed E-state index contributed by atoms with van der Waals surface area (Å²) in [6.45, 7) is 3.52. The van der Waals surface area contributed by atoms with Gasteiger partial charge in [0.1, 0.15) is 4.21 Å². The molecule has 0 radical (unpaired) electrons. The Labute approximate surface area is 146 Å². The summed E-state index contributed by atoms with van der Waals surface area (Å²) in [5, 5.41) is 0.